The quantitative estimate of drug-likeness (QED) is 0.734. The van der Waals surface area contributed by atoms with E-state index in [0.29, 0.717) is 0 Å². The lowest BCUT2D eigenvalue weighted by Crippen LogP contribution is -2.23. The van der Waals surface area contributed by atoms with Gasteiger partial charge in [0.1, 0.15) is 11.9 Å². The van der Waals surface area contributed by atoms with Gasteiger partial charge in [-0.15, -0.1) is 0 Å². The Hall–Kier alpha value is -2.12. The van der Waals surface area contributed by atoms with E-state index in [1.54, 1.807) is 0 Å². The molecule has 116 valence electrons. The zero-order chi connectivity index (χ0) is 16.0. The molecule has 7 nitrogen and oxygen atoms in total. The Kier molecular flexibility index (Phi) is 6.13. The summed E-state index contributed by atoms with van der Waals surface area (Å²) in [7, 11) is 3.80. The first-order chi connectivity index (χ1) is 9.94. The predicted molar refractivity (Wildman–Crippen MR) is 71.9 cm³/mol. The summed E-state index contributed by atoms with van der Waals surface area (Å²) in [6.07, 6.45) is -3.19. The second kappa shape index (κ2) is 7.61. The number of ether oxygens (including phenoxy) is 3. The molecule has 1 aromatic carbocycles. The Morgan fingerprint density at radius 1 is 1.14 bits per heavy atom. The van der Waals surface area contributed by atoms with Gasteiger partial charge in [-0.05, 0) is 18.2 Å². The normalized spacial score (nSPS) is 13.2. The minimum atomic E-state index is -1.41. The molecule has 7 heteroatoms. The maximum absolute atomic E-state index is 11.5. The average Bonchev–Trinajstić information content (AvgIpc) is 2.52. The highest BCUT2D eigenvalue weighted by atomic mass is 16.5. The van der Waals surface area contributed by atoms with Crippen molar-refractivity contribution < 1.29 is 34.0 Å². The maximum atomic E-state index is 11.5. The van der Waals surface area contributed by atoms with Crippen molar-refractivity contribution in [1.82, 2.24) is 0 Å². The summed E-state index contributed by atoms with van der Waals surface area (Å²) in [5, 5.41) is 20.0. The topological polar surface area (TPSA) is 102 Å². The van der Waals surface area contributed by atoms with Crippen molar-refractivity contribution in [3.05, 3.63) is 29.3 Å². The molecule has 0 radical (unpaired) electrons. The van der Waals surface area contributed by atoms with Crippen LogP contribution in [-0.4, -0.2) is 49.6 Å². The zero-order valence-electron chi connectivity index (χ0n) is 12.0. The molecule has 0 heterocycles. The van der Waals surface area contributed by atoms with E-state index < -0.39 is 24.1 Å². The minimum absolute atomic E-state index is 0.178. The van der Waals surface area contributed by atoms with Crippen molar-refractivity contribution in [2.45, 2.75) is 18.6 Å². The Morgan fingerprint density at radius 3 is 2.33 bits per heavy atom. The van der Waals surface area contributed by atoms with Gasteiger partial charge in [-0.2, -0.15) is 0 Å². The van der Waals surface area contributed by atoms with Crippen molar-refractivity contribution in [1.29, 1.82) is 0 Å². The predicted octanol–water partition coefficient (Wildman–Crippen LogP) is 0.439. The highest BCUT2D eigenvalue weighted by Crippen LogP contribution is 2.29. The molecule has 0 saturated heterocycles. The molecule has 0 aliphatic carbocycles. The van der Waals surface area contributed by atoms with Crippen molar-refractivity contribution in [2.24, 2.45) is 0 Å². The largest absolute Gasteiger partial charge is 0.496 e. The number of carbonyl (C=O) groups excluding carboxylic acids is 2. The van der Waals surface area contributed by atoms with Crippen LogP contribution < -0.4 is 4.74 Å². The Bertz CT molecular complexity index is 512. The van der Waals surface area contributed by atoms with Crippen LogP contribution in [0.2, 0.25) is 0 Å². The van der Waals surface area contributed by atoms with Crippen LogP contribution in [0.3, 0.4) is 0 Å². The Balaban J connectivity index is 3.07. The van der Waals surface area contributed by atoms with Crippen LogP contribution in [0.25, 0.3) is 0 Å². The first kappa shape index (κ1) is 16.9. The van der Waals surface area contributed by atoms with E-state index in [1.807, 2.05) is 0 Å². The Morgan fingerprint density at radius 2 is 1.81 bits per heavy atom. The first-order valence-corrected chi connectivity index (χ1v) is 6.13. The van der Waals surface area contributed by atoms with Crippen molar-refractivity contribution in [3.8, 4) is 5.75 Å². The fourth-order valence-electron chi connectivity index (χ4n) is 1.78. The van der Waals surface area contributed by atoms with Gasteiger partial charge in [0.05, 0.1) is 39.4 Å². The summed E-state index contributed by atoms with van der Waals surface area (Å²) in [6, 6.07) is 4.28. The summed E-state index contributed by atoms with van der Waals surface area (Å²) < 4.78 is 14.1. The van der Waals surface area contributed by atoms with Crippen molar-refractivity contribution in [2.75, 3.05) is 21.3 Å². The summed E-state index contributed by atoms with van der Waals surface area (Å²) >= 11 is 0. The molecule has 2 atom stereocenters. The highest BCUT2D eigenvalue weighted by molar-refractivity contribution is 5.89. The molecule has 0 spiro atoms. The highest BCUT2D eigenvalue weighted by Gasteiger charge is 2.25. The van der Waals surface area contributed by atoms with Crippen molar-refractivity contribution in [3.63, 3.8) is 0 Å². The monoisotopic (exact) mass is 298 g/mol. The van der Waals surface area contributed by atoms with Gasteiger partial charge in [0.15, 0.2) is 0 Å². The smallest absolute Gasteiger partial charge is 0.337 e. The van der Waals surface area contributed by atoms with Crippen LogP contribution in [0.4, 0.5) is 0 Å². The standard InChI is InChI=1S/C14H18O7/c1-19-11-5-4-8(14(18)21-3)6-9(11)13(17)10(15)7-12(16)20-2/h4-6,10,13,15,17H,7H2,1-3H3. The van der Waals surface area contributed by atoms with Crippen LogP contribution in [-0.2, 0) is 14.3 Å². The zero-order valence-corrected chi connectivity index (χ0v) is 12.0. The van der Waals surface area contributed by atoms with Gasteiger partial charge >= 0.3 is 11.9 Å². The van der Waals surface area contributed by atoms with Gasteiger partial charge in [0, 0.05) is 5.56 Å². The number of aliphatic hydroxyl groups is 2. The number of esters is 2. The molecule has 2 unspecified atom stereocenters. The van der Waals surface area contributed by atoms with Gasteiger partial charge in [-0.3, -0.25) is 4.79 Å². The van der Waals surface area contributed by atoms with Gasteiger partial charge in [-0.1, -0.05) is 0 Å². The molecule has 0 fully saturated rings. The minimum Gasteiger partial charge on any atom is -0.496 e. The van der Waals surface area contributed by atoms with Crippen LogP contribution in [0.1, 0.15) is 28.4 Å². The van der Waals surface area contributed by atoms with E-state index in [0.717, 1.165) is 0 Å². The molecule has 1 aromatic rings. The van der Waals surface area contributed by atoms with Crippen LogP contribution in [0, 0.1) is 0 Å². The first-order valence-electron chi connectivity index (χ1n) is 6.13. The summed E-state index contributed by atoms with van der Waals surface area (Å²) in [5.74, 6) is -0.975. The number of hydrogen-bond donors (Lipinski definition) is 2. The molecular weight excluding hydrogens is 280 g/mol. The van der Waals surface area contributed by atoms with Crippen molar-refractivity contribution >= 4 is 11.9 Å². The lowest BCUT2D eigenvalue weighted by molar-refractivity contribution is -0.144. The average molecular weight is 298 g/mol. The maximum Gasteiger partial charge on any atom is 0.337 e. The molecule has 0 aliphatic rings. The van der Waals surface area contributed by atoms with E-state index >= 15 is 0 Å². The van der Waals surface area contributed by atoms with E-state index in [9.17, 15) is 19.8 Å². The van der Waals surface area contributed by atoms with E-state index in [-0.39, 0.29) is 23.3 Å². The van der Waals surface area contributed by atoms with E-state index in [1.165, 1.54) is 39.5 Å². The third-order valence-corrected chi connectivity index (χ3v) is 2.94. The number of carbonyl (C=O) groups is 2. The SMILES string of the molecule is COC(=O)CC(O)C(O)c1cc(C(=O)OC)ccc1OC. The summed E-state index contributed by atoms with van der Waals surface area (Å²) in [6.45, 7) is 0. The van der Waals surface area contributed by atoms with Gasteiger partial charge in [-0.25, -0.2) is 4.79 Å². The van der Waals surface area contributed by atoms with Crippen LogP contribution in [0.5, 0.6) is 5.75 Å². The number of methoxy groups -OCH3 is 3. The molecule has 0 bridgehead atoms. The number of aliphatic hydroxyl groups excluding tert-OH is 2. The third-order valence-electron chi connectivity index (χ3n) is 2.94. The molecule has 21 heavy (non-hydrogen) atoms. The number of hydrogen-bond acceptors (Lipinski definition) is 7. The van der Waals surface area contributed by atoms with Gasteiger partial charge in [0.2, 0.25) is 0 Å². The fourth-order valence-corrected chi connectivity index (χ4v) is 1.78. The lowest BCUT2D eigenvalue weighted by Gasteiger charge is -2.20. The second-order valence-electron chi connectivity index (χ2n) is 4.24. The molecule has 1 rings (SSSR count). The van der Waals surface area contributed by atoms with Crippen LogP contribution >= 0.6 is 0 Å². The fraction of sp³-hybridized carbons (Fsp3) is 0.429. The van der Waals surface area contributed by atoms with E-state index in [4.69, 9.17) is 4.74 Å². The Labute approximate surface area is 122 Å². The molecule has 0 saturated carbocycles. The number of rotatable bonds is 6. The van der Waals surface area contributed by atoms with Crippen LogP contribution in [0.15, 0.2) is 18.2 Å². The van der Waals surface area contributed by atoms with Gasteiger partial charge in [0.25, 0.3) is 0 Å². The van der Waals surface area contributed by atoms with E-state index in [2.05, 4.69) is 9.47 Å². The molecule has 0 amide bonds. The molecule has 2 N–H and O–H groups in total. The second-order valence-corrected chi connectivity index (χ2v) is 4.24. The van der Waals surface area contributed by atoms with Gasteiger partial charge < -0.3 is 24.4 Å². The summed E-state index contributed by atoms with van der Waals surface area (Å²) in [4.78, 5) is 22.6. The summed E-state index contributed by atoms with van der Waals surface area (Å²) in [5.41, 5.74) is 0.370. The number of benzene rings is 1. The molecule has 0 aromatic heterocycles. The molecular formula is C14H18O7. The third kappa shape index (κ3) is 4.17. The lowest BCUT2D eigenvalue weighted by atomic mass is 9.99. The molecule has 0 aliphatic heterocycles.